The van der Waals surface area contributed by atoms with Gasteiger partial charge in [-0.2, -0.15) is 22.9 Å². The van der Waals surface area contributed by atoms with Crippen LogP contribution in [-0.4, -0.2) is 20.8 Å². The van der Waals surface area contributed by atoms with Crippen LogP contribution in [0.4, 0.5) is 23.2 Å². The molecular formula is C29H18F4N4O4. The number of hydrogen-bond donors (Lipinski definition) is 0. The van der Waals surface area contributed by atoms with E-state index < -0.39 is 33.7 Å². The van der Waals surface area contributed by atoms with Crippen molar-refractivity contribution in [3.8, 4) is 17.1 Å². The SMILES string of the molecule is O=c1c2ccccc2nc(-c2cccc(C(F)(F)F)c2)n1N=Cc1cccc([N+](=O)[O-])c1OCc1ccc(F)cc1. The zero-order valence-corrected chi connectivity index (χ0v) is 20.9. The van der Waals surface area contributed by atoms with Gasteiger partial charge in [0, 0.05) is 17.2 Å². The van der Waals surface area contributed by atoms with Crippen LogP contribution < -0.4 is 10.3 Å². The van der Waals surface area contributed by atoms with E-state index in [9.17, 15) is 32.5 Å². The Labute approximate surface area is 228 Å². The molecule has 41 heavy (non-hydrogen) atoms. The second kappa shape index (κ2) is 11.0. The molecule has 5 aromatic rings. The minimum absolute atomic E-state index is 0.0216. The van der Waals surface area contributed by atoms with Crippen molar-refractivity contribution in [2.45, 2.75) is 12.8 Å². The molecule has 8 nitrogen and oxygen atoms in total. The molecule has 0 spiro atoms. The number of para-hydroxylation sites is 2. The monoisotopic (exact) mass is 562 g/mol. The van der Waals surface area contributed by atoms with Crippen LogP contribution in [0.2, 0.25) is 0 Å². The van der Waals surface area contributed by atoms with Gasteiger partial charge in [-0.1, -0.05) is 42.5 Å². The van der Waals surface area contributed by atoms with Gasteiger partial charge >= 0.3 is 11.9 Å². The van der Waals surface area contributed by atoms with Crippen LogP contribution >= 0.6 is 0 Å². The van der Waals surface area contributed by atoms with Gasteiger partial charge in [-0.3, -0.25) is 14.9 Å². The Bertz CT molecular complexity index is 1850. The molecule has 0 fully saturated rings. The first kappa shape index (κ1) is 27.2. The second-order valence-corrected chi connectivity index (χ2v) is 8.76. The van der Waals surface area contributed by atoms with Crippen LogP contribution in [0.1, 0.15) is 16.7 Å². The highest BCUT2D eigenvalue weighted by Gasteiger charge is 2.31. The summed E-state index contributed by atoms with van der Waals surface area (Å²) in [6, 6.07) is 20.0. The summed E-state index contributed by atoms with van der Waals surface area (Å²) in [5.74, 6) is -0.804. The summed E-state index contributed by atoms with van der Waals surface area (Å²) >= 11 is 0. The van der Waals surface area contributed by atoms with E-state index in [4.69, 9.17) is 4.74 Å². The molecule has 0 N–H and O–H groups in total. The Morgan fingerprint density at radius 2 is 1.71 bits per heavy atom. The van der Waals surface area contributed by atoms with Crippen molar-refractivity contribution in [3.63, 3.8) is 0 Å². The number of nitrogens with zero attached hydrogens (tertiary/aromatic N) is 4. The van der Waals surface area contributed by atoms with Crippen molar-refractivity contribution in [2.75, 3.05) is 0 Å². The van der Waals surface area contributed by atoms with Gasteiger partial charge in [0.15, 0.2) is 5.82 Å². The Kier molecular flexibility index (Phi) is 7.30. The number of rotatable bonds is 7. The summed E-state index contributed by atoms with van der Waals surface area (Å²) in [5, 5.41) is 16.1. The molecule has 0 amide bonds. The highest BCUT2D eigenvalue weighted by Crippen LogP contribution is 2.33. The molecule has 1 heterocycles. The van der Waals surface area contributed by atoms with E-state index in [0.717, 1.165) is 23.0 Å². The first-order chi connectivity index (χ1) is 19.6. The molecule has 0 unspecified atom stereocenters. The molecule has 0 aliphatic carbocycles. The van der Waals surface area contributed by atoms with Crippen LogP contribution in [0.15, 0.2) is 101 Å². The van der Waals surface area contributed by atoms with Crippen molar-refractivity contribution in [1.82, 2.24) is 9.66 Å². The molecule has 206 valence electrons. The van der Waals surface area contributed by atoms with Gasteiger partial charge in [0.2, 0.25) is 5.75 Å². The Hall–Kier alpha value is -5.39. The van der Waals surface area contributed by atoms with E-state index in [1.165, 1.54) is 60.7 Å². The minimum atomic E-state index is -4.64. The Balaban J connectivity index is 1.63. The highest BCUT2D eigenvalue weighted by molar-refractivity contribution is 5.86. The molecule has 0 bridgehead atoms. The third-order valence-electron chi connectivity index (χ3n) is 6.03. The quantitative estimate of drug-likeness (QED) is 0.0965. The smallest absolute Gasteiger partial charge is 0.416 e. The molecular weight excluding hydrogens is 544 g/mol. The van der Waals surface area contributed by atoms with Gasteiger partial charge in [-0.25, -0.2) is 9.37 Å². The topological polar surface area (TPSA) is 99.6 Å². The Morgan fingerprint density at radius 1 is 0.976 bits per heavy atom. The third kappa shape index (κ3) is 5.81. The lowest BCUT2D eigenvalue weighted by molar-refractivity contribution is -0.386. The minimum Gasteiger partial charge on any atom is -0.481 e. The van der Waals surface area contributed by atoms with Crippen molar-refractivity contribution < 1.29 is 27.2 Å². The number of fused-ring (bicyclic) bond motifs is 1. The number of hydrogen-bond acceptors (Lipinski definition) is 6. The maximum absolute atomic E-state index is 13.4. The third-order valence-corrected chi connectivity index (χ3v) is 6.03. The summed E-state index contributed by atoms with van der Waals surface area (Å²) in [6.45, 7) is -0.140. The number of ether oxygens (including phenoxy) is 1. The molecule has 1 aromatic heterocycles. The van der Waals surface area contributed by atoms with Gasteiger partial charge in [-0.15, -0.1) is 0 Å². The summed E-state index contributed by atoms with van der Waals surface area (Å²) in [7, 11) is 0. The number of alkyl halides is 3. The van der Waals surface area contributed by atoms with Gasteiger partial charge in [-0.05, 0) is 48.0 Å². The summed E-state index contributed by atoms with van der Waals surface area (Å²) in [5.41, 5.74) is -1.13. The van der Waals surface area contributed by atoms with E-state index >= 15 is 0 Å². The van der Waals surface area contributed by atoms with Gasteiger partial charge in [0.1, 0.15) is 12.4 Å². The van der Waals surface area contributed by atoms with Crippen molar-refractivity contribution in [2.24, 2.45) is 5.10 Å². The molecule has 0 atom stereocenters. The maximum atomic E-state index is 13.4. The molecule has 0 saturated carbocycles. The van der Waals surface area contributed by atoms with Crippen LogP contribution in [0.25, 0.3) is 22.3 Å². The summed E-state index contributed by atoms with van der Waals surface area (Å²) in [6.07, 6.45) is -3.51. The van der Waals surface area contributed by atoms with Gasteiger partial charge in [0.25, 0.3) is 5.56 Å². The molecule has 0 aliphatic heterocycles. The molecule has 0 saturated heterocycles. The van der Waals surface area contributed by atoms with Crippen LogP contribution in [0.5, 0.6) is 5.75 Å². The van der Waals surface area contributed by atoms with Gasteiger partial charge < -0.3 is 4.74 Å². The fourth-order valence-electron chi connectivity index (χ4n) is 4.05. The van der Waals surface area contributed by atoms with Crippen LogP contribution in [-0.2, 0) is 12.8 Å². The fourth-order valence-corrected chi connectivity index (χ4v) is 4.05. The average Bonchev–Trinajstić information content (AvgIpc) is 2.96. The van der Waals surface area contributed by atoms with E-state index in [-0.39, 0.29) is 40.2 Å². The number of aromatic nitrogens is 2. The molecule has 5 rings (SSSR count). The lowest BCUT2D eigenvalue weighted by Gasteiger charge is -2.12. The van der Waals surface area contributed by atoms with Gasteiger partial charge in [0.05, 0.1) is 27.6 Å². The largest absolute Gasteiger partial charge is 0.481 e. The number of nitro groups is 1. The Morgan fingerprint density at radius 3 is 2.44 bits per heavy atom. The average molecular weight is 562 g/mol. The van der Waals surface area contributed by atoms with E-state index in [0.29, 0.717) is 5.56 Å². The molecule has 4 aromatic carbocycles. The predicted molar refractivity (Wildman–Crippen MR) is 143 cm³/mol. The molecule has 0 aliphatic rings. The summed E-state index contributed by atoms with van der Waals surface area (Å²) in [4.78, 5) is 28.9. The van der Waals surface area contributed by atoms with Crippen LogP contribution in [0.3, 0.4) is 0 Å². The maximum Gasteiger partial charge on any atom is 0.416 e. The normalized spacial score (nSPS) is 11.7. The van der Waals surface area contributed by atoms with E-state index in [2.05, 4.69) is 10.1 Å². The van der Waals surface area contributed by atoms with Crippen molar-refractivity contribution >= 4 is 22.8 Å². The number of nitro benzene ring substituents is 1. The first-order valence-electron chi connectivity index (χ1n) is 12.0. The standard InChI is InChI=1S/C29H18F4N4O4/c30-22-13-11-18(12-14-22)17-41-26-20(6-4-10-25(26)37(39)40)16-34-36-27(19-5-3-7-21(15-19)29(31,32)33)35-24-9-2-1-8-23(24)28(36)38/h1-16H,17H2. The molecule has 0 radical (unpaired) electrons. The fraction of sp³-hybridized carbons (Fsp3) is 0.0690. The predicted octanol–water partition coefficient (Wildman–Crippen LogP) is 6.59. The number of halogens is 4. The first-order valence-corrected chi connectivity index (χ1v) is 12.0. The van der Waals surface area contributed by atoms with Crippen molar-refractivity contribution in [3.05, 3.63) is 134 Å². The second-order valence-electron chi connectivity index (χ2n) is 8.76. The van der Waals surface area contributed by atoms with E-state index in [1.807, 2.05) is 0 Å². The zero-order chi connectivity index (χ0) is 29.1. The number of benzene rings is 4. The van der Waals surface area contributed by atoms with Crippen LogP contribution in [0, 0.1) is 15.9 Å². The lowest BCUT2D eigenvalue weighted by Crippen LogP contribution is -2.20. The lowest BCUT2D eigenvalue weighted by atomic mass is 10.1. The summed E-state index contributed by atoms with van der Waals surface area (Å²) < 4.78 is 60.2. The van der Waals surface area contributed by atoms with Crippen molar-refractivity contribution in [1.29, 1.82) is 0 Å². The van der Waals surface area contributed by atoms with E-state index in [1.54, 1.807) is 18.2 Å². The molecule has 12 heteroatoms. The highest BCUT2D eigenvalue weighted by atomic mass is 19.4. The zero-order valence-electron chi connectivity index (χ0n) is 20.9.